The lowest BCUT2D eigenvalue weighted by Gasteiger charge is -2.35. The Hall–Kier alpha value is -2.34. The molecule has 6 heteroatoms. The summed E-state index contributed by atoms with van der Waals surface area (Å²) in [5, 5.41) is 4.10. The molecule has 0 radical (unpaired) electrons. The maximum Gasteiger partial charge on any atom is 0.237 e. The van der Waals surface area contributed by atoms with E-state index >= 15 is 0 Å². The molecule has 2 aromatic rings. The van der Waals surface area contributed by atoms with Crippen LogP contribution in [0.3, 0.4) is 0 Å². The summed E-state index contributed by atoms with van der Waals surface area (Å²) in [5.74, 6) is 0.544. The van der Waals surface area contributed by atoms with Gasteiger partial charge in [0.2, 0.25) is 11.8 Å². The third kappa shape index (κ3) is 4.55. The van der Waals surface area contributed by atoms with Gasteiger partial charge in [-0.1, -0.05) is 32.0 Å². The number of piperazine rings is 1. The van der Waals surface area contributed by atoms with Gasteiger partial charge in [-0.25, -0.2) is 0 Å². The highest BCUT2D eigenvalue weighted by Gasteiger charge is 2.32. The third-order valence-corrected chi connectivity index (χ3v) is 5.69. The number of benzene rings is 1. The lowest BCUT2D eigenvalue weighted by molar-refractivity contribution is -0.138. The SMILES string of the molecule is Cc1c(CN(C)C(=O)C[C@H]2C(=O)NCCN2CCC(C)C)[nH]c2ccccc12. The molecular formula is C22H32N4O2. The minimum atomic E-state index is -0.369. The Balaban J connectivity index is 1.66. The van der Waals surface area contributed by atoms with Crippen LogP contribution in [0.5, 0.6) is 0 Å². The Bertz CT molecular complexity index is 842. The van der Waals surface area contributed by atoms with Crippen LogP contribution in [0.25, 0.3) is 10.9 Å². The number of aromatic nitrogens is 1. The molecule has 1 saturated heterocycles. The number of carbonyl (C=O) groups is 2. The van der Waals surface area contributed by atoms with Gasteiger partial charge in [-0.2, -0.15) is 0 Å². The Morgan fingerprint density at radius 1 is 1.32 bits per heavy atom. The van der Waals surface area contributed by atoms with E-state index in [0.29, 0.717) is 19.0 Å². The molecule has 0 aliphatic carbocycles. The first kappa shape index (κ1) is 20.4. The zero-order chi connectivity index (χ0) is 20.3. The fourth-order valence-electron chi connectivity index (χ4n) is 3.82. The van der Waals surface area contributed by atoms with Crippen LogP contribution in [0.4, 0.5) is 0 Å². The number of H-pyrrole nitrogens is 1. The molecule has 0 saturated carbocycles. The first-order valence-corrected chi connectivity index (χ1v) is 10.2. The predicted molar refractivity (Wildman–Crippen MR) is 112 cm³/mol. The number of nitrogens with one attached hydrogen (secondary N) is 2. The summed E-state index contributed by atoms with van der Waals surface area (Å²) < 4.78 is 0. The average molecular weight is 385 g/mol. The number of carbonyl (C=O) groups excluding carboxylic acids is 2. The van der Waals surface area contributed by atoms with Crippen molar-refractivity contribution < 1.29 is 9.59 Å². The molecule has 6 nitrogen and oxygen atoms in total. The van der Waals surface area contributed by atoms with Gasteiger partial charge in [-0.05, 0) is 37.4 Å². The van der Waals surface area contributed by atoms with Crippen LogP contribution in [0.2, 0.25) is 0 Å². The summed E-state index contributed by atoms with van der Waals surface area (Å²) in [4.78, 5) is 32.6. The molecule has 0 bridgehead atoms. The predicted octanol–water partition coefficient (Wildman–Crippen LogP) is 2.67. The van der Waals surface area contributed by atoms with E-state index in [2.05, 4.69) is 42.0 Å². The van der Waals surface area contributed by atoms with Crippen LogP contribution in [0.1, 0.15) is 37.9 Å². The van der Waals surface area contributed by atoms with E-state index in [1.54, 1.807) is 4.90 Å². The average Bonchev–Trinajstić information content (AvgIpc) is 2.98. The van der Waals surface area contributed by atoms with Crippen LogP contribution in [-0.2, 0) is 16.1 Å². The summed E-state index contributed by atoms with van der Waals surface area (Å²) >= 11 is 0. The van der Waals surface area contributed by atoms with Gasteiger partial charge in [0.15, 0.2) is 0 Å². The van der Waals surface area contributed by atoms with Gasteiger partial charge in [0.25, 0.3) is 0 Å². The van der Waals surface area contributed by atoms with Crippen molar-refractivity contribution in [2.45, 2.75) is 46.2 Å². The van der Waals surface area contributed by atoms with Crippen molar-refractivity contribution >= 4 is 22.7 Å². The van der Waals surface area contributed by atoms with E-state index in [9.17, 15) is 9.59 Å². The molecule has 1 fully saturated rings. The van der Waals surface area contributed by atoms with Gasteiger partial charge >= 0.3 is 0 Å². The maximum atomic E-state index is 12.9. The molecule has 0 unspecified atom stereocenters. The lowest BCUT2D eigenvalue weighted by Crippen LogP contribution is -2.56. The van der Waals surface area contributed by atoms with Gasteiger partial charge in [-0.15, -0.1) is 0 Å². The summed E-state index contributed by atoms with van der Waals surface area (Å²) in [6.07, 6.45) is 1.25. The van der Waals surface area contributed by atoms with Crippen molar-refractivity contribution in [3.05, 3.63) is 35.5 Å². The topological polar surface area (TPSA) is 68.4 Å². The van der Waals surface area contributed by atoms with E-state index in [4.69, 9.17) is 0 Å². The van der Waals surface area contributed by atoms with Crippen LogP contribution < -0.4 is 5.32 Å². The number of hydrogen-bond donors (Lipinski definition) is 2. The Kier molecular flexibility index (Phi) is 6.39. The van der Waals surface area contributed by atoms with Gasteiger partial charge in [0.05, 0.1) is 19.0 Å². The second-order valence-corrected chi connectivity index (χ2v) is 8.25. The maximum absolute atomic E-state index is 12.9. The van der Waals surface area contributed by atoms with E-state index in [-0.39, 0.29) is 24.3 Å². The van der Waals surface area contributed by atoms with E-state index in [1.165, 1.54) is 10.9 Å². The Morgan fingerprint density at radius 3 is 2.79 bits per heavy atom. The zero-order valence-corrected chi connectivity index (χ0v) is 17.4. The monoisotopic (exact) mass is 384 g/mol. The van der Waals surface area contributed by atoms with Crippen LogP contribution in [0.15, 0.2) is 24.3 Å². The first-order valence-electron chi connectivity index (χ1n) is 10.2. The molecular weight excluding hydrogens is 352 g/mol. The number of aromatic amines is 1. The second-order valence-electron chi connectivity index (χ2n) is 8.25. The van der Waals surface area contributed by atoms with Crippen LogP contribution in [-0.4, -0.2) is 59.3 Å². The number of amides is 2. The molecule has 28 heavy (non-hydrogen) atoms. The van der Waals surface area contributed by atoms with Crippen molar-refractivity contribution in [2.24, 2.45) is 5.92 Å². The number of rotatable bonds is 7. The summed E-state index contributed by atoms with van der Waals surface area (Å²) in [6.45, 7) is 9.27. The third-order valence-electron chi connectivity index (χ3n) is 5.69. The fourth-order valence-corrected chi connectivity index (χ4v) is 3.82. The molecule has 2 N–H and O–H groups in total. The van der Waals surface area contributed by atoms with Gasteiger partial charge < -0.3 is 15.2 Å². The largest absolute Gasteiger partial charge is 0.357 e. The van der Waals surface area contributed by atoms with Crippen LogP contribution >= 0.6 is 0 Å². The number of aryl methyl sites for hydroxylation is 1. The number of fused-ring (bicyclic) bond motifs is 1. The summed E-state index contributed by atoms with van der Waals surface area (Å²) in [5.41, 5.74) is 3.30. The fraction of sp³-hybridized carbons (Fsp3) is 0.545. The highest BCUT2D eigenvalue weighted by atomic mass is 16.2. The molecule has 1 aliphatic rings. The molecule has 152 valence electrons. The standard InChI is InChI=1S/C22H32N4O2/c1-15(2)9-11-26-12-10-23-22(28)20(26)13-21(27)25(4)14-19-16(3)17-7-5-6-8-18(17)24-19/h5-8,15,20,24H,9-14H2,1-4H3,(H,23,28)/t20-/m0/s1. The number of para-hydroxylation sites is 1. The highest BCUT2D eigenvalue weighted by molar-refractivity contribution is 5.89. The normalized spacial score (nSPS) is 17.9. The second kappa shape index (κ2) is 8.78. The quantitative estimate of drug-likeness (QED) is 0.771. The number of hydrogen-bond acceptors (Lipinski definition) is 3. The van der Waals surface area contributed by atoms with Crippen LogP contribution in [0, 0.1) is 12.8 Å². The van der Waals surface area contributed by atoms with E-state index in [1.807, 2.05) is 25.2 Å². The summed E-state index contributed by atoms with van der Waals surface area (Å²) in [7, 11) is 1.81. The first-order chi connectivity index (χ1) is 13.4. The Morgan fingerprint density at radius 2 is 2.07 bits per heavy atom. The van der Waals surface area contributed by atoms with E-state index in [0.717, 1.165) is 30.7 Å². The molecule has 0 spiro atoms. The number of nitrogens with zero attached hydrogens (tertiary/aromatic N) is 2. The van der Waals surface area contributed by atoms with Crippen molar-refractivity contribution in [3.8, 4) is 0 Å². The van der Waals surface area contributed by atoms with Crippen molar-refractivity contribution in [1.82, 2.24) is 20.1 Å². The minimum Gasteiger partial charge on any atom is -0.357 e. The molecule has 2 amide bonds. The van der Waals surface area contributed by atoms with Crippen molar-refractivity contribution in [1.29, 1.82) is 0 Å². The van der Waals surface area contributed by atoms with Gasteiger partial charge in [0, 0.05) is 36.7 Å². The smallest absolute Gasteiger partial charge is 0.237 e. The Labute approximate surface area is 167 Å². The highest BCUT2D eigenvalue weighted by Crippen LogP contribution is 2.22. The molecule has 1 aromatic carbocycles. The molecule has 1 aliphatic heterocycles. The van der Waals surface area contributed by atoms with Crippen molar-refractivity contribution in [2.75, 3.05) is 26.7 Å². The molecule has 1 atom stereocenters. The molecule has 3 rings (SSSR count). The molecule has 2 heterocycles. The zero-order valence-electron chi connectivity index (χ0n) is 17.4. The van der Waals surface area contributed by atoms with Gasteiger partial charge in [0.1, 0.15) is 0 Å². The summed E-state index contributed by atoms with van der Waals surface area (Å²) in [6, 6.07) is 7.80. The van der Waals surface area contributed by atoms with E-state index < -0.39 is 0 Å². The van der Waals surface area contributed by atoms with Gasteiger partial charge in [-0.3, -0.25) is 14.5 Å². The minimum absolute atomic E-state index is 0.00495. The molecule has 1 aromatic heterocycles. The lowest BCUT2D eigenvalue weighted by atomic mass is 10.0. The van der Waals surface area contributed by atoms with Crippen molar-refractivity contribution in [3.63, 3.8) is 0 Å².